The second-order valence-corrected chi connectivity index (χ2v) is 10.3. The average molecular weight is 440 g/mol. The van der Waals surface area contributed by atoms with Crippen LogP contribution in [0.3, 0.4) is 0 Å². The molecule has 0 saturated heterocycles. The number of hydrogen-bond donors (Lipinski definition) is 1. The van der Waals surface area contributed by atoms with Crippen LogP contribution in [0.5, 0.6) is 0 Å². The van der Waals surface area contributed by atoms with Crippen LogP contribution in [0.15, 0.2) is 18.2 Å². The quantitative estimate of drug-likeness (QED) is 0.525. The molecule has 154 valence electrons. The van der Waals surface area contributed by atoms with Gasteiger partial charge in [-0.25, -0.2) is 0 Å². The van der Waals surface area contributed by atoms with E-state index in [-0.39, 0.29) is 40.3 Å². The zero-order valence-electron chi connectivity index (χ0n) is 19.7. The maximum absolute atomic E-state index is 6.40. The van der Waals surface area contributed by atoms with Crippen molar-refractivity contribution in [2.24, 2.45) is 5.73 Å². The molecule has 2 aromatic carbocycles. The van der Waals surface area contributed by atoms with E-state index in [1.807, 2.05) is 30.1 Å². The van der Waals surface area contributed by atoms with Crippen molar-refractivity contribution in [3.8, 4) is 0 Å². The van der Waals surface area contributed by atoms with Crippen LogP contribution in [0, 0.1) is 0 Å². The maximum atomic E-state index is 6.40. The van der Waals surface area contributed by atoms with Gasteiger partial charge in [0.25, 0.3) is 0 Å². The molecule has 14 radical (unpaired) electrons. The van der Waals surface area contributed by atoms with Crippen LogP contribution in [0.1, 0.15) is 61.6 Å². The Bertz CT molecular complexity index is 1030. The lowest BCUT2D eigenvalue weighted by molar-refractivity contribution is 0.108. The third-order valence-electron chi connectivity index (χ3n) is 7.44. The number of benzene rings is 2. The highest BCUT2D eigenvalue weighted by Crippen LogP contribution is 2.47. The monoisotopic (exact) mass is 440 g/mol. The lowest BCUT2D eigenvalue weighted by atomic mass is 9.58. The van der Waals surface area contributed by atoms with Gasteiger partial charge in [0.15, 0.2) is 0 Å². The third-order valence-corrected chi connectivity index (χ3v) is 7.67. The first-order valence-corrected chi connectivity index (χ1v) is 11.4. The number of rotatable bonds is 7. The van der Waals surface area contributed by atoms with E-state index in [1.165, 1.54) is 5.56 Å². The normalized spacial score (nSPS) is 18.6. The molecule has 0 saturated carbocycles. The predicted molar refractivity (Wildman–Crippen MR) is 148 cm³/mol. The van der Waals surface area contributed by atoms with Gasteiger partial charge in [0.05, 0.1) is 15.7 Å². The highest BCUT2D eigenvalue weighted by Gasteiger charge is 2.37. The molecule has 33 heavy (non-hydrogen) atoms. The van der Waals surface area contributed by atoms with Gasteiger partial charge in [0.2, 0.25) is 0 Å². The van der Waals surface area contributed by atoms with Gasteiger partial charge in [-0.1, -0.05) is 23.2 Å². The van der Waals surface area contributed by atoms with E-state index in [0.717, 1.165) is 30.4 Å². The largest absolute Gasteiger partial charge is 0.330 e. The molecule has 2 nitrogen and oxygen atoms in total. The van der Waals surface area contributed by atoms with Gasteiger partial charge in [-0.3, -0.25) is 0 Å². The summed E-state index contributed by atoms with van der Waals surface area (Å²) in [7, 11) is 45.4. The van der Waals surface area contributed by atoms with Gasteiger partial charge >= 0.3 is 0 Å². The Morgan fingerprint density at radius 2 is 1.52 bits per heavy atom. The summed E-state index contributed by atoms with van der Waals surface area (Å²) in [5.74, 6) is 0.151. The van der Waals surface area contributed by atoms with E-state index in [1.54, 1.807) is 0 Å². The van der Waals surface area contributed by atoms with E-state index in [0.29, 0.717) is 15.9 Å². The molecule has 0 bridgehead atoms. The number of halogens is 1. The van der Waals surface area contributed by atoms with Crippen LogP contribution in [0.4, 0.5) is 0 Å². The van der Waals surface area contributed by atoms with Crippen LogP contribution < -0.4 is 33.0 Å². The molecule has 2 atom stereocenters. The van der Waals surface area contributed by atoms with Crippen molar-refractivity contribution in [1.29, 1.82) is 0 Å². The fourth-order valence-corrected chi connectivity index (χ4v) is 5.12. The first-order chi connectivity index (χ1) is 15.2. The molecule has 0 heterocycles. The number of nitrogens with two attached hydrogens (primary N) is 1. The Hall–Kier alpha value is -0.895. The van der Waals surface area contributed by atoms with Crippen molar-refractivity contribution in [1.82, 2.24) is 4.90 Å². The molecule has 0 aliphatic heterocycles. The topological polar surface area (TPSA) is 29.3 Å². The molecule has 0 unspecified atom stereocenters. The number of likely N-dealkylation sites (N-methyl/N-ethyl adjacent to an activating group) is 1. The van der Waals surface area contributed by atoms with Crippen molar-refractivity contribution >= 4 is 93.8 Å². The molecular weight excluding hydrogens is 415 g/mol. The SMILES string of the molecule is [B]c1c([B])c([B])c([C@@H]2C[C@@H](CCC(C)(C)N(C)C([B])([B])CN)c3cc(Cl)ccc32)c([B])c1[B]. The standard InChI is InChI=1S/C23H24B7ClN2/c1-22(2,33(3)23(29,30)10-32)7-6-11-8-15(13-5-4-12(31)9-14(11)13)16-17(24)19(26)21(28)20(27)18(16)25/h4-5,9,11,15H,6-8,10,32H2,1-3H3/t11-,15-/m1/s1. The summed E-state index contributed by atoms with van der Waals surface area (Å²) >= 11 is 6.37. The van der Waals surface area contributed by atoms with Gasteiger partial charge in [-0.05, 0) is 81.2 Å². The van der Waals surface area contributed by atoms with Crippen LogP contribution in [0.2, 0.25) is 5.02 Å². The van der Waals surface area contributed by atoms with Gasteiger partial charge < -0.3 is 10.6 Å². The first-order valence-electron chi connectivity index (χ1n) is 11.0. The molecular formula is C23H24B7ClN2. The fraction of sp³-hybridized carbons (Fsp3) is 0.478. The minimum atomic E-state index is -1.09. The lowest BCUT2D eigenvalue weighted by Crippen LogP contribution is -2.61. The Labute approximate surface area is 213 Å². The van der Waals surface area contributed by atoms with Gasteiger partial charge in [0, 0.05) is 16.5 Å². The molecule has 2 N–H and O–H groups in total. The fourth-order valence-electron chi connectivity index (χ4n) is 4.94. The zero-order chi connectivity index (χ0) is 24.9. The highest BCUT2D eigenvalue weighted by molar-refractivity contribution is 6.67. The van der Waals surface area contributed by atoms with Crippen molar-refractivity contribution in [3.63, 3.8) is 0 Å². The molecule has 0 spiro atoms. The Kier molecular flexibility index (Phi) is 7.79. The summed E-state index contributed by atoms with van der Waals surface area (Å²) < 4.78 is 0. The van der Waals surface area contributed by atoms with Crippen LogP contribution in [-0.2, 0) is 0 Å². The predicted octanol–water partition coefficient (Wildman–Crippen LogP) is -1.63. The molecule has 0 aromatic heterocycles. The summed E-state index contributed by atoms with van der Waals surface area (Å²) in [6.07, 6.45) is 2.50. The van der Waals surface area contributed by atoms with E-state index >= 15 is 0 Å². The first kappa shape index (κ1) is 26.7. The summed E-state index contributed by atoms with van der Waals surface area (Å²) in [4.78, 5) is 1.93. The summed E-state index contributed by atoms with van der Waals surface area (Å²) in [6.45, 7) is 4.37. The molecule has 0 amide bonds. The van der Waals surface area contributed by atoms with Gasteiger partial charge in [-0.15, -0.1) is 27.3 Å². The van der Waals surface area contributed by atoms with Crippen molar-refractivity contribution in [2.75, 3.05) is 13.6 Å². The second-order valence-electron chi connectivity index (χ2n) is 9.85. The molecule has 1 aliphatic rings. The Morgan fingerprint density at radius 1 is 0.970 bits per heavy atom. The number of fused-ring (bicyclic) bond motifs is 1. The number of nitrogens with zero attached hydrogens (tertiary/aromatic N) is 1. The van der Waals surface area contributed by atoms with E-state index in [2.05, 4.69) is 13.8 Å². The highest BCUT2D eigenvalue weighted by atomic mass is 35.5. The second kappa shape index (κ2) is 9.63. The molecule has 0 fully saturated rings. The smallest absolute Gasteiger partial charge is 0.113 e. The summed E-state index contributed by atoms with van der Waals surface area (Å²) in [5, 5.41) is -0.413. The number of hydrogen-bond acceptors (Lipinski definition) is 2. The Balaban J connectivity index is 1.97. The van der Waals surface area contributed by atoms with Crippen LogP contribution in [0.25, 0.3) is 0 Å². The van der Waals surface area contributed by atoms with E-state index in [9.17, 15) is 0 Å². The molecule has 1 aliphatic carbocycles. The van der Waals surface area contributed by atoms with Gasteiger partial charge in [0.1, 0.15) is 39.2 Å². The zero-order valence-corrected chi connectivity index (χ0v) is 20.4. The lowest BCUT2D eigenvalue weighted by Gasteiger charge is -2.47. The van der Waals surface area contributed by atoms with E-state index < -0.39 is 5.34 Å². The van der Waals surface area contributed by atoms with Crippen molar-refractivity contribution in [3.05, 3.63) is 39.9 Å². The molecule has 10 heteroatoms. The summed E-state index contributed by atoms with van der Waals surface area (Å²) in [6, 6.07) is 5.92. The van der Waals surface area contributed by atoms with Crippen LogP contribution in [-0.4, -0.2) is 84.3 Å². The van der Waals surface area contributed by atoms with Gasteiger partial charge in [-0.2, -0.15) is 0 Å². The average Bonchev–Trinajstić information content (AvgIpc) is 3.11. The molecule has 3 rings (SSSR count). The molecule has 2 aromatic rings. The minimum Gasteiger partial charge on any atom is -0.330 e. The van der Waals surface area contributed by atoms with E-state index in [4.69, 9.17) is 72.3 Å². The van der Waals surface area contributed by atoms with Crippen LogP contribution >= 0.6 is 11.6 Å². The maximum Gasteiger partial charge on any atom is 0.113 e. The third kappa shape index (κ3) is 4.93. The Morgan fingerprint density at radius 3 is 2.06 bits per heavy atom. The summed E-state index contributed by atoms with van der Waals surface area (Å²) in [5.41, 5.74) is 10.0. The van der Waals surface area contributed by atoms with Crippen molar-refractivity contribution in [2.45, 2.75) is 55.8 Å². The van der Waals surface area contributed by atoms with Crippen molar-refractivity contribution < 1.29 is 0 Å². The minimum absolute atomic E-state index is 0.0690.